The molecule has 0 aliphatic carbocycles. The molecule has 172 valence electrons. The Morgan fingerprint density at radius 3 is 2.21 bits per heavy atom. The normalized spacial score (nSPS) is 18.7. The molecule has 3 aromatic rings. The van der Waals surface area contributed by atoms with E-state index in [0.717, 1.165) is 11.1 Å². The first-order valence-electron chi connectivity index (χ1n) is 10.9. The van der Waals surface area contributed by atoms with E-state index in [0.29, 0.717) is 24.3 Å². The van der Waals surface area contributed by atoms with Gasteiger partial charge in [-0.15, -0.1) is 0 Å². The number of ether oxygens (including phenoxy) is 1. The van der Waals surface area contributed by atoms with Gasteiger partial charge in [-0.3, -0.25) is 9.10 Å². The van der Waals surface area contributed by atoms with E-state index in [1.54, 1.807) is 53.4 Å². The van der Waals surface area contributed by atoms with Gasteiger partial charge < -0.3 is 9.64 Å². The number of aryl methyl sites for hydroxylation is 1. The lowest BCUT2D eigenvalue weighted by atomic mass is 10.1. The molecule has 2 unspecified atom stereocenters. The van der Waals surface area contributed by atoms with E-state index < -0.39 is 10.0 Å². The molecule has 1 aliphatic rings. The minimum Gasteiger partial charge on any atom is -0.367 e. The molecule has 1 fully saturated rings. The van der Waals surface area contributed by atoms with E-state index in [2.05, 4.69) is 0 Å². The molecule has 0 radical (unpaired) electrons. The van der Waals surface area contributed by atoms with Crippen molar-refractivity contribution < 1.29 is 17.9 Å². The number of nitrogens with zero attached hydrogens (tertiary/aromatic N) is 2. The van der Waals surface area contributed by atoms with Gasteiger partial charge in [0, 0.05) is 19.2 Å². The fourth-order valence-corrected chi connectivity index (χ4v) is 5.17. The summed E-state index contributed by atoms with van der Waals surface area (Å²) in [5.41, 5.74) is 3.04. The Morgan fingerprint density at radius 1 is 0.939 bits per heavy atom. The third-order valence-electron chi connectivity index (χ3n) is 5.88. The van der Waals surface area contributed by atoms with Gasteiger partial charge in [0.25, 0.3) is 15.9 Å². The van der Waals surface area contributed by atoms with Crippen molar-refractivity contribution in [1.29, 1.82) is 0 Å². The maximum atomic E-state index is 13.2. The highest BCUT2D eigenvalue weighted by Gasteiger charge is 2.30. The summed E-state index contributed by atoms with van der Waals surface area (Å²) >= 11 is 0. The topological polar surface area (TPSA) is 66.9 Å². The number of amides is 1. The molecule has 4 rings (SSSR count). The Hall–Kier alpha value is -3.16. The van der Waals surface area contributed by atoms with Crippen LogP contribution in [0.2, 0.25) is 0 Å². The molecule has 0 saturated carbocycles. The first-order chi connectivity index (χ1) is 15.8. The van der Waals surface area contributed by atoms with E-state index in [-0.39, 0.29) is 23.0 Å². The maximum absolute atomic E-state index is 13.2. The summed E-state index contributed by atoms with van der Waals surface area (Å²) in [6.45, 7) is 4.85. The highest BCUT2D eigenvalue weighted by Crippen LogP contribution is 2.27. The Balaban J connectivity index is 1.50. The Morgan fingerprint density at radius 2 is 1.58 bits per heavy atom. The molecule has 1 heterocycles. The predicted molar refractivity (Wildman–Crippen MR) is 129 cm³/mol. The minimum atomic E-state index is -3.69. The average molecular weight is 465 g/mol. The molecule has 1 aliphatic heterocycles. The van der Waals surface area contributed by atoms with Crippen LogP contribution in [-0.2, 0) is 14.8 Å². The Bertz CT molecular complexity index is 1210. The smallest absolute Gasteiger partial charge is 0.264 e. The molecule has 33 heavy (non-hydrogen) atoms. The first-order valence-corrected chi connectivity index (χ1v) is 12.3. The standard InChI is InChI=1S/C26H28N2O4S/c1-19-9-15-24(16-10-19)33(30,31)27(3)23-13-11-22(12-14-23)26(29)28-17-20(2)32-25(18-28)21-7-5-4-6-8-21/h4-16,20,25H,17-18H2,1-3H3. The molecule has 0 aromatic heterocycles. The predicted octanol–water partition coefficient (Wildman–Crippen LogP) is 4.42. The molecule has 1 amide bonds. The summed E-state index contributed by atoms with van der Waals surface area (Å²) in [5, 5.41) is 0. The van der Waals surface area contributed by atoms with Crippen LogP contribution in [0, 0.1) is 6.92 Å². The fraction of sp³-hybridized carbons (Fsp3) is 0.269. The highest BCUT2D eigenvalue weighted by molar-refractivity contribution is 7.92. The minimum absolute atomic E-state index is 0.0852. The van der Waals surface area contributed by atoms with Crippen LogP contribution in [0.1, 0.15) is 34.5 Å². The summed E-state index contributed by atoms with van der Waals surface area (Å²) in [7, 11) is -2.17. The number of hydrogen-bond acceptors (Lipinski definition) is 4. The quantitative estimate of drug-likeness (QED) is 0.561. The molecular weight excluding hydrogens is 436 g/mol. The number of carbonyl (C=O) groups excluding carboxylic acids is 1. The van der Waals surface area contributed by atoms with Gasteiger partial charge in [0.2, 0.25) is 0 Å². The van der Waals surface area contributed by atoms with Crippen LogP contribution in [0.4, 0.5) is 5.69 Å². The van der Waals surface area contributed by atoms with Gasteiger partial charge in [0.1, 0.15) is 6.10 Å². The lowest BCUT2D eigenvalue weighted by Crippen LogP contribution is -2.46. The number of anilines is 1. The zero-order chi connectivity index (χ0) is 23.6. The van der Waals surface area contributed by atoms with Crippen molar-refractivity contribution in [3.63, 3.8) is 0 Å². The third kappa shape index (κ3) is 4.94. The van der Waals surface area contributed by atoms with E-state index >= 15 is 0 Å². The summed E-state index contributed by atoms with van der Waals surface area (Å²) in [5.74, 6) is -0.0957. The van der Waals surface area contributed by atoms with E-state index in [1.165, 1.54) is 11.4 Å². The first kappa shape index (κ1) is 23.0. The molecular formula is C26H28N2O4S. The Labute approximate surface area is 195 Å². The van der Waals surface area contributed by atoms with Crippen molar-refractivity contribution in [2.45, 2.75) is 31.0 Å². The molecule has 1 saturated heterocycles. The molecule has 2 atom stereocenters. The van der Waals surface area contributed by atoms with Gasteiger partial charge in [-0.2, -0.15) is 0 Å². The fourth-order valence-electron chi connectivity index (χ4n) is 3.97. The molecule has 7 heteroatoms. The van der Waals surface area contributed by atoms with E-state index in [9.17, 15) is 13.2 Å². The second-order valence-electron chi connectivity index (χ2n) is 8.39. The van der Waals surface area contributed by atoms with E-state index in [1.807, 2.05) is 44.2 Å². The number of sulfonamides is 1. The monoisotopic (exact) mass is 464 g/mol. The van der Waals surface area contributed by atoms with Crippen molar-refractivity contribution in [1.82, 2.24) is 4.90 Å². The second-order valence-corrected chi connectivity index (χ2v) is 10.4. The van der Waals surface area contributed by atoms with Crippen molar-refractivity contribution >= 4 is 21.6 Å². The van der Waals surface area contributed by atoms with Gasteiger partial charge in [0.15, 0.2) is 0 Å². The van der Waals surface area contributed by atoms with Crippen molar-refractivity contribution in [2.24, 2.45) is 0 Å². The summed E-state index contributed by atoms with van der Waals surface area (Å²) in [4.78, 5) is 15.2. The van der Waals surface area contributed by atoms with Crippen LogP contribution in [-0.4, -0.2) is 45.5 Å². The SMILES string of the molecule is Cc1ccc(S(=O)(=O)N(C)c2ccc(C(=O)N3CC(C)OC(c4ccccc4)C3)cc2)cc1. The lowest BCUT2D eigenvalue weighted by molar-refractivity contribution is -0.0691. The Kier molecular flexibility index (Phi) is 6.54. The van der Waals surface area contributed by atoms with Crippen LogP contribution < -0.4 is 4.31 Å². The molecule has 3 aromatic carbocycles. The molecule has 6 nitrogen and oxygen atoms in total. The van der Waals surface area contributed by atoms with Crippen LogP contribution >= 0.6 is 0 Å². The summed E-state index contributed by atoms with van der Waals surface area (Å²) < 4.78 is 33.2. The highest BCUT2D eigenvalue weighted by atomic mass is 32.2. The number of hydrogen-bond donors (Lipinski definition) is 0. The molecule has 0 spiro atoms. The van der Waals surface area contributed by atoms with Crippen LogP contribution in [0.5, 0.6) is 0 Å². The summed E-state index contributed by atoms with van der Waals surface area (Å²) in [6.07, 6.45) is -0.262. The number of rotatable bonds is 5. The van der Waals surface area contributed by atoms with Crippen LogP contribution in [0.15, 0.2) is 83.8 Å². The van der Waals surface area contributed by atoms with E-state index in [4.69, 9.17) is 4.74 Å². The van der Waals surface area contributed by atoms with Gasteiger partial charge in [-0.1, -0.05) is 48.0 Å². The van der Waals surface area contributed by atoms with Crippen molar-refractivity contribution in [2.75, 3.05) is 24.4 Å². The van der Waals surface area contributed by atoms with Gasteiger partial charge >= 0.3 is 0 Å². The van der Waals surface area contributed by atoms with Gasteiger partial charge in [-0.05, 0) is 55.8 Å². The third-order valence-corrected chi connectivity index (χ3v) is 7.68. The van der Waals surface area contributed by atoms with Crippen molar-refractivity contribution in [3.05, 3.63) is 95.6 Å². The maximum Gasteiger partial charge on any atom is 0.264 e. The zero-order valence-electron chi connectivity index (χ0n) is 19.0. The van der Waals surface area contributed by atoms with Crippen LogP contribution in [0.25, 0.3) is 0 Å². The van der Waals surface area contributed by atoms with Crippen LogP contribution in [0.3, 0.4) is 0 Å². The van der Waals surface area contributed by atoms with Gasteiger partial charge in [0.05, 0.1) is 23.2 Å². The molecule has 0 N–H and O–H groups in total. The summed E-state index contributed by atoms with van der Waals surface area (Å²) in [6, 6.07) is 23.3. The number of carbonyl (C=O) groups is 1. The molecule has 0 bridgehead atoms. The lowest BCUT2D eigenvalue weighted by Gasteiger charge is -2.37. The van der Waals surface area contributed by atoms with Gasteiger partial charge in [-0.25, -0.2) is 8.42 Å². The zero-order valence-corrected chi connectivity index (χ0v) is 19.8. The number of benzene rings is 3. The van der Waals surface area contributed by atoms with Crippen molar-refractivity contribution in [3.8, 4) is 0 Å². The number of morpholine rings is 1. The largest absolute Gasteiger partial charge is 0.367 e. The average Bonchev–Trinajstić information content (AvgIpc) is 2.83. The second kappa shape index (κ2) is 9.37.